The molecule has 0 aromatic carbocycles. The summed E-state index contributed by atoms with van der Waals surface area (Å²) in [5.74, 6) is 0.505. The summed E-state index contributed by atoms with van der Waals surface area (Å²) in [4.78, 5) is 17.3. The molecule has 1 fully saturated rings. The zero-order chi connectivity index (χ0) is 14.5. The number of nitrogens with one attached hydrogen (secondary N) is 1. The number of nitrogens with zero attached hydrogens (tertiary/aromatic N) is 3. The van der Waals surface area contributed by atoms with Gasteiger partial charge in [-0.15, -0.1) is 0 Å². The lowest BCUT2D eigenvalue weighted by molar-refractivity contribution is -0.384. The van der Waals surface area contributed by atoms with E-state index in [2.05, 4.69) is 17.2 Å². The van der Waals surface area contributed by atoms with Crippen LogP contribution in [0.15, 0.2) is 12.1 Å². The van der Waals surface area contributed by atoms with Gasteiger partial charge in [0.15, 0.2) is 0 Å². The largest absolute Gasteiger partial charge is 0.349 e. The van der Waals surface area contributed by atoms with Gasteiger partial charge in [0.2, 0.25) is 5.82 Å². The Balaban J connectivity index is 2.26. The fourth-order valence-electron chi connectivity index (χ4n) is 2.64. The van der Waals surface area contributed by atoms with Crippen LogP contribution < -0.4 is 10.2 Å². The third-order valence-corrected chi connectivity index (χ3v) is 3.59. The zero-order valence-corrected chi connectivity index (χ0v) is 12.1. The number of pyridine rings is 1. The lowest BCUT2D eigenvalue weighted by Gasteiger charge is -2.26. The molecule has 0 spiro atoms. The Morgan fingerprint density at radius 3 is 2.95 bits per heavy atom. The van der Waals surface area contributed by atoms with Crippen molar-refractivity contribution in [2.75, 3.05) is 24.5 Å². The topological polar surface area (TPSA) is 71.3 Å². The molecule has 0 radical (unpaired) electrons. The van der Waals surface area contributed by atoms with Gasteiger partial charge in [-0.25, -0.2) is 4.98 Å². The lowest BCUT2D eigenvalue weighted by atomic mass is 10.2. The number of hydrogen-bond acceptors (Lipinski definition) is 5. The first kappa shape index (κ1) is 14.7. The van der Waals surface area contributed by atoms with Crippen LogP contribution in [0.2, 0.25) is 0 Å². The van der Waals surface area contributed by atoms with Crippen LogP contribution in [-0.2, 0) is 0 Å². The van der Waals surface area contributed by atoms with E-state index in [4.69, 9.17) is 0 Å². The van der Waals surface area contributed by atoms with Gasteiger partial charge in [-0.3, -0.25) is 10.1 Å². The van der Waals surface area contributed by atoms with E-state index < -0.39 is 0 Å². The van der Waals surface area contributed by atoms with E-state index in [1.165, 1.54) is 6.42 Å². The standard InChI is InChI=1S/C14H22N4O2/c1-3-9-17(10-12-5-4-8-15-12)14-13(18(19)20)7-6-11(2)16-14/h6-7,12,15H,3-5,8-10H2,1-2H3. The minimum Gasteiger partial charge on any atom is -0.349 e. The molecule has 2 rings (SSSR count). The van der Waals surface area contributed by atoms with E-state index >= 15 is 0 Å². The van der Waals surface area contributed by atoms with Gasteiger partial charge in [0, 0.05) is 30.9 Å². The van der Waals surface area contributed by atoms with Gasteiger partial charge in [-0.05, 0) is 38.8 Å². The van der Waals surface area contributed by atoms with Gasteiger partial charge in [0.25, 0.3) is 0 Å². The van der Waals surface area contributed by atoms with Gasteiger partial charge < -0.3 is 10.2 Å². The maximum Gasteiger partial charge on any atom is 0.311 e. The Hall–Kier alpha value is -1.69. The molecule has 1 aliphatic rings. The minimum atomic E-state index is -0.341. The van der Waals surface area contributed by atoms with Crippen molar-refractivity contribution >= 4 is 11.5 Å². The fourth-order valence-corrected chi connectivity index (χ4v) is 2.64. The molecule has 1 N–H and O–H groups in total. The van der Waals surface area contributed by atoms with Crippen molar-refractivity contribution in [3.63, 3.8) is 0 Å². The van der Waals surface area contributed by atoms with E-state index in [9.17, 15) is 10.1 Å². The second-order valence-corrected chi connectivity index (χ2v) is 5.29. The van der Waals surface area contributed by atoms with Crippen LogP contribution in [0.3, 0.4) is 0 Å². The summed E-state index contributed by atoms with van der Waals surface area (Å²) in [7, 11) is 0. The zero-order valence-electron chi connectivity index (χ0n) is 12.1. The number of aryl methyl sites for hydroxylation is 1. The molecule has 1 aromatic heterocycles. The first-order chi connectivity index (χ1) is 9.61. The highest BCUT2D eigenvalue weighted by atomic mass is 16.6. The van der Waals surface area contributed by atoms with Gasteiger partial charge >= 0.3 is 5.69 Å². The van der Waals surface area contributed by atoms with Crippen LogP contribution >= 0.6 is 0 Å². The molecule has 1 saturated heterocycles. The Labute approximate surface area is 119 Å². The van der Waals surface area contributed by atoms with E-state index in [-0.39, 0.29) is 10.6 Å². The second-order valence-electron chi connectivity index (χ2n) is 5.29. The van der Waals surface area contributed by atoms with Crippen molar-refractivity contribution < 1.29 is 4.92 Å². The van der Waals surface area contributed by atoms with Crippen LogP contribution in [0.4, 0.5) is 11.5 Å². The monoisotopic (exact) mass is 278 g/mol. The average molecular weight is 278 g/mol. The minimum absolute atomic E-state index is 0.0991. The quantitative estimate of drug-likeness (QED) is 0.638. The Bertz CT molecular complexity index is 472. The number of aromatic nitrogens is 1. The summed E-state index contributed by atoms with van der Waals surface area (Å²) in [5, 5.41) is 14.6. The summed E-state index contributed by atoms with van der Waals surface area (Å²) in [6, 6.07) is 3.66. The molecule has 1 atom stereocenters. The van der Waals surface area contributed by atoms with Gasteiger partial charge in [0.05, 0.1) is 4.92 Å². The van der Waals surface area contributed by atoms with Gasteiger partial charge in [-0.1, -0.05) is 6.92 Å². The van der Waals surface area contributed by atoms with Crippen LogP contribution in [0.25, 0.3) is 0 Å². The molecule has 0 bridgehead atoms. The van der Waals surface area contributed by atoms with Crippen molar-refractivity contribution in [1.29, 1.82) is 0 Å². The average Bonchev–Trinajstić information content (AvgIpc) is 2.90. The third kappa shape index (κ3) is 3.45. The van der Waals surface area contributed by atoms with Crippen molar-refractivity contribution in [3.05, 3.63) is 27.9 Å². The number of anilines is 1. The Kier molecular flexibility index (Phi) is 4.89. The molecule has 0 amide bonds. The summed E-state index contributed by atoms with van der Waals surface area (Å²) in [6.45, 7) is 6.55. The van der Waals surface area contributed by atoms with Crippen LogP contribution in [-0.4, -0.2) is 35.6 Å². The third-order valence-electron chi connectivity index (χ3n) is 3.59. The maximum atomic E-state index is 11.2. The maximum absolute atomic E-state index is 11.2. The van der Waals surface area contributed by atoms with E-state index in [0.717, 1.165) is 38.2 Å². The molecule has 6 heteroatoms. The molecular weight excluding hydrogens is 256 g/mol. The van der Waals surface area contributed by atoms with Crippen molar-refractivity contribution in [2.45, 2.75) is 39.2 Å². The molecule has 110 valence electrons. The predicted molar refractivity (Wildman–Crippen MR) is 79.2 cm³/mol. The van der Waals surface area contributed by atoms with E-state index in [1.54, 1.807) is 12.1 Å². The normalized spacial score (nSPS) is 18.2. The van der Waals surface area contributed by atoms with Crippen LogP contribution in [0.1, 0.15) is 31.9 Å². The molecule has 20 heavy (non-hydrogen) atoms. The molecule has 6 nitrogen and oxygen atoms in total. The van der Waals surface area contributed by atoms with Crippen LogP contribution in [0.5, 0.6) is 0 Å². The molecule has 2 heterocycles. The predicted octanol–water partition coefficient (Wildman–Crippen LogP) is 2.27. The Morgan fingerprint density at radius 2 is 2.35 bits per heavy atom. The first-order valence-corrected chi connectivity index (χ1v) is 7.22. The van der Waals surface area contributed by atoms with Crippen molar-refractivity contribution in [2.24, 2.45) is 0 Å². The lowest BCUT2D eigenvalue weighted by Crippen LogP contribution is -2.38. The SMILES string of the molecule is CCCN(CC1CCCN1)c1nc(C)ccc1[N+](=O)[O-]. The molecule has 1 aliphatic heterocycles. The summed E-state index contributed by atoms with van der Waals surface area (Å²) in [5.41, 5.74) is 0.910. The highest BCUT2D eigenvalue weighted by Gasteiger charge is 2.24. The summed E-state index contributed by atoms with van der Waals surface area (Å²) < 4.78 is 0. The van der Waals surface area contributed by atoms with Gasteiger partial charge in [-0.2, -0.15) is 0 Å². The highest BCUT2D eigenvalue weighted by Crippen LogP contribution is 2.27. The molecule has 0 aliphatic carbocycles. The van der Waals surface area contributed by atoms with E-state index in [0.29, 0.717) is 11.9 Å². The first-order valence-electron chi connectivity index (χ1n) is 7.22. The smallest absolute Gasteiger partial charge is 0.311 e. The van der Waals surface area contributed by atoms with Crippen molar-refractivity contribution in [1.82, 2.24) is 10.3 Å². The fraction of sp³-hybridized carbons (Fsp3) is 0.643. The molecule has 1 unspecified atom stereocenters. The second kappa shape index (κ2) is 6.65. The number of rotatable bonds is 6. The number of hydrogen-bond donors (Lipinski definition) is 1. The molecule has 0 saturated carbocycles. The molecular formula is C14H22N4O2. The number of nitro groups is 1. The van der Waals surface area contributed by atoms with Gasteiger partial charge in [0.1, 0.15) is 0 Å². The highest BCUT2D eigenvalue weighted by molar-refractivity contribution is 5.58. The van der Waals surface area contributed by atoms with Crippen molar-refractivity contribution in [3.8, 4) is 0 Å². The van der Waals surface area contributed by atoms with E-state index in [1.807, 2.05) is 11.8 Å². The summed E-state index contributed by atoms with van der Waals surface area (Å²) in [6.07, 6.45) is 3.24. The Morgan fingerprint density at radius 1 is 1.55 bits per heavy atom. The van der Waals surface area contributed by atoms with Crippen LogP contribution in [0, 0.1) is 17.0 Å². The summed E-state index contributed by atoms with van der Waals surface area (Å²) >= 11 is 0. The molecule has 1 aromatic rings.